The Balaban J connectivity index is 2.15. The third kappa shape index (κ3) is 36.9. The second-order valence-electron chi connectivity index (χ2n) is 15.9. The summed E-state index contributed by atoms with van der Waals surface area (Å²) in [6, 6.07) is 0. The van der Waals surface area contributed by atoms with Gasteiger partial charge in [-0.1, -0.05) is 154 Å². The zero-order chi connectivity index (χ0) is 38.2. The standard InChI is InChI=1S/C46H90NO5P/c1-4-6-8-10-12-14-16-18-20-22-24-26-28-30-32-36-41-49-44-46(45-52-53(3,48)51-43-40-47-38-34-35-39-47)50-42-37-33-31-29-27-25-23-21-19-17-15-13-11-9-7-5-2/h18-21,46H,4-17,22-45H2,1-3H3/b20-18-,21-19-. The number of hydrogen-bond donors (Lipinski definition) is 0. The summed E-state index contributed by atoms with van der Waals surface area (Å²) in [5.74, 6) is 0. The fourth-order valence-electron chi connectivity index (χ4n) is 7.01. The molecule has 2 unspecified atom stereocenters. The van der Waals surface area contributed by atoms with Crippen molar-refractivity contribution in [1.82, 2.24) is 4.90 Å². The number of ether oxygens (including phenoxy) is 2. The van der Waals surface area contributed by atoms with Gasteiger partial charge in [0.1, 0.15) is 6.10 Å². The molecule has 0 bridgehead atoms. The summed E-state index contributed by atoms with van der Waals surface area (Å²) in [5, 5.41) is 0. The van der Waals surface area contributed by atoms with Crippen LogP contribution in [-0.2, 0) is 23.1 Å². The van der Waals surface area contributed by atoms with E-state index in [1.807, 2.05) is 0 Å². The lowest BCUT2D eigenvalue weighted by Gasteiger charge is -2.22. The number of likely N-dealkylation sites (tertiary alicyclic amines) is 1. The van der Waals surface area contributed by atoms with Crippen LogP contribution in [0.25, 0.3) is 0 Å². The van der Waals surface area contributed by atoms with E-state index in [2.05, 4.69) is 43.1 Å². The summed E-state index contributed by atoms with van der Waals surface area (Å²) in [6.07, 6.45) is 48.3. The maximum atomic E-state index is 13.0. The minimum atomic E-state index is -3.13. The molecule has 0 radical (unpaired) electrons. The fourth-order valence-corrected chi connectivity index (χ4v) is 7.93. The third-order valence-corrected chi connectivity index (χ3v) is 11.8. The molecular formula is C46H90NO5P. The normalized spacial score (nSPS) is 15.7. The third-order valence-electron chi connectivity index (χ3n) is 10.5. The van der Waals surface area contributed by atoms with Crippen LogP contribution in [0.3, 0.4) is 0 Å². The number of hydrogen-bond acceptors (Lipinski definition) is 6. The molecule has 1 aliphatic heterocycles. The Hall–Kier alpha value is -0.490. The Kier molecular flexibility index (Phi) is 37.9. The predicted molar refractivity (Wildman–Crippen MR) is 231 cm³/mol. The second-order valence-corrected chi connectivity index (χ2v) is 18.0. The smallest absolute Gasteiger partial charge is 0.327 e. The van der Waals surface area contributed by atoms with E-state index in [0.29, 0.717) is 19.8 Å². The van der Waals surface area contributed by atoms with Crippen molar-refractivity contribution in [3.63, 3.8) is 0 Å². The van der Waals surface area contributed by atoms with Crippen LogP contribution in [0.5, 0.6) is 0 Å². The van der Waals surface area contributed by atoms with Crippen LogP contribution in [0.2, 0.25) is 0 Å². The summed E-state index contributed by atoms with van der Waals surface area (Å²) in [4.78, 5) is 2.37. The monoisotopic (exact) mass is 768 g/mol. The predicted octanol–water partition coefficient (Wildman–Crippen LogP) is 14.4. The molecule has 0 aromatic heterocycles. The van der Waals surface area contributed by atoms with Crippen LogP contribution >= 0.6 is 7.60 Å². The number of rotatable bonds is 42. The van der Waals surface area contributed by atoms with Crippen LogP contribution in [0.1, 0.15) is 206 Å². The molecule has 7 heteroatoms. The maximum Gasteiger partial charge on any atom is 0.327 e. The van der Waals surface area contributed by atoms with E-state index in [9.17, 15) is 4.57 Å². The lowest BCUT2D eigenvalue weighted by atomic mass is 10.1. The summed E-state index contributed by atoms with van der Waals surface area (Å²) in [6.45, 7) is 11.8. The van der Waals surface area contributed by atoms with Crippen molar-refractivity contribution in [1.29, 1.82) is 0 Å². The van der Waals surface area contributed by atoms with Gasteiger partial charge in [-0.05, 0) is 90.1 Å². The molecule has 6 nitrogen and oxygen atoms in total. The van der Waals surface area contributed by atoms with Crippen molar-refractivity contribution in [3.05, 3.63) is 24.3 Å². The summed E-state index contributed by atoms with van der Waals surface area (Å²) < 4.78 is 36.8. The highest BCUT2D eigenvalue weighted by atomic mass is 31.2. The molecule has 1 rings (SSSR count). The van der Waals surface area contributed by atoms with Crippen molar-refractivity contribution in [2.45, 2.75) is 213 Å². The Morgan fingerprint density at radius 3 is 1.40 bits per heavy atom. The molecule has 1 fully saturated rings. The summed E-state index contributed by atoms with van der Waals surface area (Å²) in [5.41, 5.74) is 0. The van der Waals surface area contributed by atoms with E-state index in [4.69, 9.17) is 18.5 Å². The average Bonchev–Trinajstić information content (AvgIpc) is 3.67. The second kappa shape index (κ2) is 39.7. The zero-order valence-corrected chi connectivity index (χ0v) is 36.6. The largest absolute Gasteiger partial charge is 0.379 e. The molecular weight excluding hydrogens is 677 g/mol. The van der Waals surface area contributed by atoms with Gasteiger partial charge in [-0.3, -0.25) is 4.57 Å². The highest BCUT2D eigenvalue weighted by molar-refractivity contribution is 7.52. The van der Waals surface area contributed by atoms with E-state index in [-0.39, 0.29) is 12.7 Å². The molecule has 314 valence electrons. The highest BCUT2D eigenvalue weighted by Gasteiger charge is 2.22. The first-order valence-electron chi connectivity index (χ1n) is 23.2. The molecule has 0 aromatic rings. The Bertz CT molecular complexity index is 846. The van der Waals surface area contributed by atoms with Crippen LogP contribution in [0.4, 0.5) is 0 Å². The maximum absolute atomic E-state index is 13.0. The van der Waals surface area contributed by atoms with Crippen LogP contribution in [0, 0.1) is 0 Å². The Morgan fingerprint density at radius 1 is 0.509 bits per heavy atom. The van der Waals surface area contributed by atoms with Gasteiger partial charge in [0.2, 0.25) is 0 Å². The minimum absolute atomic E-state index is 0.220. The highest BCUT2D eigenvalue weighted by Crippen LogP contribution is 2.43. The first-order valence-corrected chi connectivity index (χ1v) is 25.1. The SMILES string of the molecule is CCCCCCCC/C=C\CCCCCCCCOCC(COP(C)(=O)OCCN1CCCC1)OCCCCCCCC/C=C\CCCCCCCC. The van der Waals surface area contributed by atoms with Crippen molar-refractivity contribution in [2.75, 3.05) is 59.3 Å². The van der Waals surface area contributed by atoms with Crippen LogP contribution < -0.4 is 0 Å². The quantitative estimate of drug-likeness (QED) is 0.0350. The topological polar surface area (TPSA) is 57.2 Å². The number of unbranched alkanes of at least 4 members (excludes halogenated alkanes) is 24. The van der Waals surface area contributed by atoms with E-state index in [1.54, 1.807) is 6.66 Å². The summed E-state index contributed by atoms with van der Waals surface area (Å²) in [7, 11) is -3.13. The van der Waals surface area contributed by atoms with Gasteiger partial charge in [-0.25, -0.2) is 0 Å². The molecule has 1 saturated heterocycles. The van der Waals surface area contributed by atoms with Gasteiger partial charge in [-0.2, -0.15) is 0 Å². The molecule has 53 heavy (non-hydrogen) atoms. The molecule has 0 N–H and O–H groups in total. The van der Waals surface area contributed by atoms with E-state index in [0.717, 1.165) is 39.1 Å². The van der Waals surface area contributed by atoms with Crippen molar-refractivity contribution in [2.24, 2.45) is 0 Å². The van der Waals surface area contributed by atoms with Crippen molar-refractivity contribution >= 4 is 7.60 Å². The zero-order valence-electron chi connectivity index (χ0n) is 35.7. The van der Waals surface area contributed by atoms with Gasteiger partial charge in [0.25, 0.3) is 0 Å². The van der Waals surface area contributed by atoms with Crippen LogP contribution in [-0.4, -0.2) is 70.3 Å². The van der Waals surface area contributed by atoms with Crippen LogP contribution in [0.15, 0.2) is 24.3 Å². The van der Waals surface area contributed by atoms with Crippen molar-refractivity contribution in [3.8, 4) is 0 Å². The fraction of sp³-hybridized carbons (Fsp3) is 0.913. The van der Waals surface area contributed by atoms with E-state index < -0.39 is 7.60 Å². The van der Waals surface area contributed by atoms with Crippen molar-refractivity contribution < 1.29 is 23.1 Å². The number of allylic oxidation sites excluding steroid dienone is 4. The Labute approximate surface area is 330 Å². The van der Waals surface area contributed by atoms with E-state index in [1.165, 1.54) is 180 Å². The first kappa shape index (κ1) is 50.5. The first-order chi connectivity index (χ1) is 26.1. The van der Waals surface area contributed by atoms with Gasteiger partial charge >= 0.3 is 7.60 Å². The van der Waals surface area contributed by atoms with E-state index >= 15 is 0 Å². The molecule has 0 aliphatic carbocycles. The molecule has 1 aliphatic rings. The van der Waals surface area contributed by atoms with Gasteiger partial charge in [0, 0.05) is 26.4 Å². The molecule has 2 atom stereocenters. The van der Waals surface area contributed by atoms with Gasteiger partial charge < -0.3 is 23.4 Å². The lowest BCUT2D eigenvalue weighted by molar-refractivity contribution is -0.0410. The summed E-state index contributed by atoms with van der Waals surface area (Å²) >= 11 is 0. The molecule has 0 spiro atoms. The number of nitrogens with zero attached hydrogens (tertiary/aromatic N) is 1. The molecule has 0 saturated carbocycles. The van der Waals surface area contributed by atoms with Gasteiger partial charge in [-0.15, -0.1) is 0 Å². The minimum Gasteiger partial charge on any atom is -0.379 e. The molecule has 1 heterocycles. The van der Waals surface area contributed by atoms with Gasteiger partial charge in [0.05, 0.1) is 19.8 Å². The van der Waals surface area contributed by atoms with Gasteiger partial charge in [0.15, 0.2) is 0 Å². The lowest BCUT2D eigenvalue weighted by Crippen LogP contribution is -2.27. The molecule has 0 amide bonds. The Morgan fingerprint density at radius 2 is 0.925 bits per heavy atom. The molecule has 0 aromatic carbocycles. The average molecular weight is 768 g/mol.